The molecule has 0 radical (unpaired) electrons. The number of aryl methyl sites for hydroxylation is 1. The maximum Gasteiger partial charge on any atom is 0.132 e. The molecule has 2 rings (SSSR count). The number of thiol groups is 1. The first-order valence-electron chi connectivity index (χ1n) is 6.70. The minimum absolute atomic E-state index is 0.127. The number of pyridine rings is 1. The third-order valence-electron chi connectivity index (χ3n) is 3.48. The van der Waals surface area contributed by atoms with Crippen molar-refractivity contribution in [3.8, 4) is 0 Å². The van der Waals surface area contributed by atoms with E-state index in [4.69, 9.17) is 4.98 Å². The van der Waals surface area contributed by atoms with Crippen LogP contribution in [0.2, 0.25) is 0 Å². The van der Waals surface area contributed by atoms with Crippen molar-refractivity contribution >= 4 is 18.4 Å². The Hall–Kier alpha value is -0.700. The van der Waals surface area contributed by atoms with Gasteiger partial charge in [-0.25, -0.2) is 4.98 Å². The van der Waals surface area contributed by atoms with Gasteiger partial charge >= 0.3 is 0 Å². The lowest BCUT2D eigenvalue weighted by atomic mass is 9.97. The van der Waals surface area contributed by atoms with Crippen molar-refractivity contribution in [1.82, 2.24) is 4.98 Å². The summed E-state index contributed by atoms with van der Waals surface area (Å²) >= 11 is 4.63. The summed E-state index contributed by atoms with van der Waals surface area (Å²) in [5, 5.41) is 0. The van der Waals surface area contributed by atoms with E-state index in [1.807, 2.05) is 0 Å². The molecule has 0 saturated heterocycles. The molecule has 100 valence electrons. The average Bonchev–Trinajstić information content (AvgIpc) is 2.25. The highest BCUT2D eigenvalue weighted by atomic mass is 32.1. The van der Waals surface area contributed by atoms with E-state index in [0.29, 0.717) is 0 Å². The lowest BCUT2D eigenvalue weighted by molar-refractivity contribution is 0.476. The van der Waals surface area contributed by atoms with Crippen LogP contribution in [0.25, 0.3) is 0 Å². The fourth-order valence-electron chi connectivity index (χ4n) is 2.43. The first kappa shape index (κ1) is 13.7. The van der Waals surface area contributed by atoms with Crippen LogP contribution in [0, 0.1) is 0 Å². The normalized spacial score (nSPS) is 16.7. The molecule has 0 N–H and O–H groups in total. The molecule has 0 unspecified atom stereocenters. The highest BCUT2D eigenvalue weighted by Gasteiger charge is 2.29. The first-order valence-corrected chi connectivity index (χ1v) is 7.15. The second-order valence-corrected chi connectivity index (χ2v) is 7.78. The van der Waals surface area contributed by atoms with Gasteiger partial charge in [-0.3, -0.25) is 0 Å². The summed E-state index contributed by atoms with van der Waals surface area (Å²) in [6.45, 7) is 12.0. The molecule has 1 aliphatic heterocycles. The second kappa shape index (κ2) is 4.44. The van der Waals surface area contributed by atoms with E-state index in [-0.39, 0.29) is 10.3 Å². The third kappa shape index (κ3) is 2.66. The summed E-state index contributed by atoms with van der Waals surface area (Å²) in [6, 6.07) is 4.35. The van der Waals surface area contributed by atoms with Gasteiger partial charge in [0.2, 0.25) is 0 Å². The first-order chi connectivity index (χ1) is 8.19. The van der Waals surface area contributed by atoms with Gasteiger partial charge in [0.25, 0.3) is 0 Å². The number of hydrogen-bond donors (Lipinski definition) is 1. The van der Waals surface area contributed by atoms with Crippen molar-refractivity contribution in [2.45, 2.75) is 57.7 Å². The van der Waals surface area contributed by atoms with Crippen LogP contribution in [0.1, 0.15) is 52.3 Å². The van der Waals surface area contributed by atoms with Crippen LogP contribution in [0.4, 0.5) is 5.82 Å². The topological polar surface area (TPSA) is 16.1 Å². The van der Waals surface area contributed by atoms with E-state index in [0.717, 1.165) is 24.5 Å². The van der Waals surface area contributed by atoms with Crippen LogP contribution in [-0.2, 0) is 11.2 Å². The Morgan fingerprint density at radius 2 is 1.83 bits per heavy atom. The number of fused-ring (bicyclic) bond motifs is 1. The van der Waals surface area contributed by atoms with Crippen molar-refractivity contribution in [3.05, 3.63) is 23.4 Å². The van der Waals surface area contributed by atoms with Crippen molar-refractivity contribution in [2.24, 2.45) is 0 Å². The Kier molecular flexibility index (Phi) is 3.39. The van der Waals surface area contributed by atoms with Crippen molar-refractivity contribution in [2.75, 3.05) is 11.4 Å². The summed E-state index contributed by atoms with van der Waals surface area (Å²) in [5.41, 5.74) is 2.56. The van der Waals surface area contributed by atoms with Crippen molar-refractivity contribution in [3.63, 3.8) is 0 Å². The summed E-state index contributed by atoms with van der Waals surface area (Å²) in [5.74, 6) is 1.16. The molecule has 2 heterocycles. The standard InChI is InChI=1S/C15H24N2S/c1-14(2,3)17-10-6-7-11-8-9-12(15(4,5)18)16-13(11)17/h8-9,18H,6-7,10H2,1-5H3. The molecule has 1 aromatic heterocycles. The van der Waals surface area contributed by atoms with Gasteiger partial charge in [-0.1, -0.05) is 6.07 Å². The molecule has 0 saturated carbocycles. The van der Waals surface area contributed by atoms with Gasteiger partial charge in [-0.05, 0) is 59.1 Å². The largest absolute Gasteiger partial charge is 0.352 e. The minimum Gasteiger partial charge on any atom is -0.352 e. The van der Waals surface area contributed by atoms with Gasteiger partial charge in [0.1, 0.15) is 5.82 Å². The van der Waals surface area contributed by atoms with Crippen LogP contribution in [0.15, 0.2) is 12.1 Å². The van der Waals surface area contributed by atoms with Gasteiger partial charge in [0.15, 0.2) is 0 Å². The molecule has 0 aromatic carbocycles. The van der Waals surface area contributed by atoms with E-state index in [1.54, 1.807) is 0 Å². The molecule has 0 aliphatic carbocycles. The molecular formula is C15H24N2S. The molecule has 2 nitrogen and oxygen atoms in total. The van der Waals surface area contributed by atoms with E-state index in [2.05, 4.69) is 64.3 Å². The quantitative estimate of drug-likeness (QED) is 0.777. The fraction of sp³-hybridized carbons (Fsp3) is 0.667. The highest BCUT2D eigenvalue weighted by molar-refractivity contribution is 7.81. The number of nitrogens with zero attached hydrogens (tertiary/aromatic N) is 2. The monoisotopic (exact) mass is 264 g/mol. The minimum atomic E-state index is -0.184. The van der Waals surface area contributed by atoms with Crippen LogP contribution >= 0.6 is 12.6 Å². The number of rotatable bonds is 1. The lowest BCUT2D eigenvalue weighted by Crippen LogP contribution is -2.45. The number of hydrogen-bond acceptors (Lipinski definition) is 3. The molecule has 3 heteroatoms. The molecular weight excluding hydrogens is 240 g/mol. The Morgan fingerprint density at radius 3 is 2.39 bits per heavy atom. The molecule has 1 aromatic rings. The van der Waals surface area contributed by atoms with Crippen molar-refractivity contribution in [1.29, 1.82) is 0 Å². The highest BCUT2D eigenvalue weighted by Crippen LogP contribution is 2.34. The molecule has 0 spiro atoms. The Labute approximate surface area is 116 Å². The van der Waals surface area contributed by atoms with E-state index in [1.165, 1.54) is 12.0 Å². The van der Waals surface area contributed by atoms with Crippen LogP contribution in [0.3, 0.4) is 0 Å². The Balaban J connectivity index is 2.48. The molecule has 18 heavy (non-hydrogen) atoms. The average molecular weight is 264 g/mol. The third-order valence-corrected chi connectivity index (χ3v) is 3.71. The van der Waals surface area contributed by atoms with Gasteiger partial charge in [-0.2, -0.15) is 12.6 Å². The lowest BCUT2D eigenvalue weighted by Gasteiger charge is -2.41. The number of anilines is 1. The zero-order chi connectivity index (χ0) is 13.6. The van der Waals surface area contributed by atoms with Gasteiger partial charge in [-0.15, -0.1) is 0 Å². The molecule has 1 aliphatic rings. The Morgan fingerprint density at radius 1 is 1.17 bits per heavy atom. The van der Waals surface area contributed by atoms with E-state index in [9.17, 15) is 0 Å². The predicted molar refractivity (Wildman–Crippen MR) is 81.7 cm³/mol. The zero-order valence-corrected chi connectivity index (χ0v) is 13.0. The van der Waals surface area contributed by atoms with E-state index >= 15 is 0 Å². The van der Waals surface area contributed by atoms with Crippen LogP contribution in [0.5, 0.6) is 0 Å². The van der Waals surface area contributed by atoms with Gasteiger partial charge < -0.3 is 4.90 Å². The zero-order valence-electron chi connectivity index (χ0n) is 12.1. The van der Waals surface area contributed by atoms with Crippen LogP contribution < -0.4 is 4.90 Å². The summed E-state index contributed by atoms with van der Waals surface area (Å²) in [4.78, 5) is 7.31. The van der Waals surface area contributed by atoms with Crippen molar-refractivity contribution < 1.29 is 0 Å². The maximum absolute atomic E-state index is 4.88. The Bertz CT molecular complexity index is 441. The van der Waals surface area contributed by atoms with Gasteiger partial charge in [0, 0.05) is 16.8 Å². The van der Waals surface area contributed by atoms with Gasteiger partial charge in [0.05, 0.1) is 5.69 Å². The second-order valence-electron chi connectivity index (χ2n) is 6.66. The smallest absolute Gasteiger partial charge is 0.132 e. The molecule has 0 amide bonds. The summed E-state index contributed by atoms with van der Waals surface area (Å²) in [6.07, 6.45) is 2.36. The SMILES string of the molecule is CC(C)(S)c1ccc2c(n1)N(C(C)(C)C)CCC2. The number of aromatic nitrogens is 1. The summed E-state index contributed by atoms with van der Waals surface area (Å²) in [7, 11) is 0. The van der Waals surface area contributed by atoms with Crippen LogP contribution in [-0.4, -0.2) is 17.1 Å². The fourth-order valence-corrected chi connectivity index (χ4v) is 2.56. The molecule has 0 fully saturated rings. The maximum atomic E-state index is 4.88. The summed E-state index contributed by atoms with van der Waals surface area (Å²) < 4.78 is -0.184. The van der Waals surface area contributed by atoms with E-state index < -0.39 is 0 Å². The molecule has 0 atom stereocenters. The predicted octanol–water partition coefficient (Wildman–Crippen LogP) is 3.80. The molecule has 0 bridgehead atoms.